The first-order valence-corrected chi connectivity index (χ1v) is 10.7. The highest BCUT2D eigenvalue weighted by Gasteiger charge is 2.45. The van der Waals surface area contributed by atoms with E-state index in [-0.39, 0.29) is 11.5 Å². The second-order valence-electron chi connectivity index (χ2n) is 8.37. The molecule has 0 aromatic heterocycles. The molecule has 0 heterocycles. The molecule has 0 saturated heterocycles. The zero-order valence-electron chi connectivity index (χ0n) is 18.1. The lowest BCUT2D eigenvalue weighted by molar-refractivity contribution is 0.0334. The molecule has 1 fully saturated rings. The Labute approximate surface area is 170 Å². The second-order valence-corrected chi connectivity index (χ2v) is 8.37. The predicted molar refractivity (Wildman–Crippen MR) is 112 cm³/mol. The number of carbonyl (C=O) groups excluding carboxylic acids is 1. The molecule has 1 aliphatic carbocycles. The van der Waals surface area contributed by atoms with Gasteiger partial charge in [-0.3, -0.25) is 0 Å². The Morgan fingerprint density at radius 3 is 2.32 bits per heavy atom. The number of hydrogen-bond acceptors (Lipinski definition) is 5. The molecule has 5 heteroatoms. The van der Waals surface area contributed by atoms with E-state index in [0.29, 0.717) is 31.7 Å². The van der Waals surface area contributed by atoms with Crippen LogP contribution in [0.2, 0.25) is 0 Å². The maximum atomic E-state index is 11.6. The van der Waals surface area contributed by atoms with E-state index in [1.165, 1.54) is 24.8 Å². The summed E-state index contributed by atoms with van der Waals surface area (Å²) >= 11 is 0. The molecular weight excluding hydrogens is 354 g/mol. The highest BCUT2D eigenvalue weighted by Crippen LogP contribution is 2.48. The average Bonchev–Trinajstić information content (AvgIpc) is 2.58. The molecule has 1 N–H and O–H groups in total. The standard InChI is InChI=1S/C23H37NO4/c1-6-26-20-10-8-19(9-11-20)23(12-7-13-23)21(16-17(2)3)24-14-15-27-22(25)28-18(4)5/h8-11,17-18,21,24H,6-7,12-16H2,1-5H3. The first-order valence-electron chi connectivity index (χ1n) is 10.7. The molecule has 0 amide bonds. The molecule has 0 bridgehead atoms. The van der Waals surface area contributed by atoms with Crippen molar-refractivity contribution in [2.24, 2.45) is 5.92 Å². The third kappa shape index (κ3) is 6.13. The van der Waals surface area contributed by atoms with Crippen molar-refractivity contribution in [3.63, 3.8) is 0 Å². The lowest BCUT2D eigenvalue weighted by Crippen LogP contribution is -2.54. The third-order valence-electron chi connectivity index (χ3n) is 5.40. The van der Waals surface area contributed by atoms with Crippen molar-refractivity contribution in [2.45, 2.75) is 77.9 Å². The lowest BCUT2D eigenvalue weighted by atomic mass is 9.59. The van der Waals surface area contributed by atoms with Gasteiger partial charge < -0.3 is 19.5 Å². The van der Waals surface area contributed by atoms with Gasteiger partial charge in [0.25, 0.3) is 0 Å². The summed E-state index contributed by atoms with van der Waals surface area (Å²) < 4.78 is 15.8. The molecule has 28 heavy (non-hydrogen) atoms. The summed E-state index contributed by atoms with van der Waals surface area (Å²) in [7, 11) is 0. The van der Waals surface area contributed by atoms with E-state index in [1.807, 2.05) is 20.8 Å². The van der Waals surface area contributed by atoms with Crippen molar-refractivity contribution in [3.8, 4) is 5.75 Å². The molecule has 1 aromatic rings. The molecule has 1 atom stereocenters. The van der Waals surface area contributed by atoms with E-state index >= 15 is 0 Å². The maximum Gasteiger partial charge on any atom is 0.508 e. The van der Waals surface area contributed by atoms with Crippen molar-refractivity contribution in [1.29, 1.82) is 0 Å². The van der Waals surface area contributed by atoms with Crippen molar-refractivity contribution in [3.05, 3.63) is 29.8 Å². The minimum atomic E-state index is -0.595. The van der Waals surface area contributed by atoms with Crippen molar-refractivity contribution >= 4 is 6.16 Å². The van der Waals surface area contributed by atoms with Crippen LogP contribution in [0.4, 0.5) is 4.79 Å². The summed E-state index contributed by atoms with van der Waals surface area (Å²) in [5, 5.41) is 3.68. The summed E-state index contributed by atoms with van der Waals surface area (Å²) in [6.45, 7) is 11.8. The Morgan fingerprint density at radius 1 is 1.14 bits per heavy atom. The van der Waals surface area contributed by atoms with Crippen LogP contribution in [0.5, 0.6) is 5.75 Å². The quantitative estimate of drug-likeness (QED) is 0.421. The molecule has 0 radical (unpaired) electrons. The van der Waals surface area contributed by atoms with Gasteiger partial charge in [0.1, 0.15) is 12.4 Å². The van der Waals surface area contributed by atoms with E-state index in [9.17, 15) is 4.79 Å². The summed E-state index contributed by atoms with van der Waals surface area (Å²) in [5.41, 5.74) is 1.52. The van der Waals surface area contributed by atoms with Crippen LogP contribution in [0.25, 0.3) is 0 Å². The molecule has 0 aliphatic heterocycles. The molecular formula is C23H37NO4. The fourth-order valence-corrected chi connectivity index (χ4v) is 4.02. The lowest BCUT2D eigenvalue weighted by Gasteiger charge is -2.49. The summed E-state index contributed by atoms with van der Waals surface area (Å²) in [5.74, 6) is 1.51. The van der Waals surface area contributed by atoms with Gasteiger partial charge in [0, 0.05) is 18.0 Å². The number of carbonyl (C=O) groups is 1. The first-order chi connectivity index (χ1) is 13.4. The van der Waals surface area contributed by atoms with Crippen LogP contribution in [0.3, 0.4) is 0 Å². The summed E-state index contributed by atoms with van der Waals surface area (Å²) in [6.07, 6.45) is 3.95. The van der Waals surface area contributed by atoms with Crippen LogP contribution in [0, 0.1) is 5.92 Å². The van der Waals surface area contributed by atoms with Crippen LogP contribution in [-0.2, 0) is 14.9 Å². The van der Waals surface area contributed by atoms with E-state index in [2.05, 4.69) is 43.4 Å². The largest absolute Gasteiger partial charge is 0.508 e. The number of ether oxygens (including phenoxy) is 3. The van der Waals surface area contributed by atoms with E-state index in [4.69, 9.17) is 14.2 Å². The zero-order chi connectivity index (χ0) is 20.6. The van der Waals surface area contributed by atoms with Gasteiger partial charge in [-0.25, -0.2) is 4.79 Å². The van der Waals surface area contributed by atoms with Crippen LogP contribution >= 0.6 is 0 Å². The highest BCUT2D eigenvalue weighted by atomic mass is 16.7. The average molecular weight is 392 g/mol. The Bertz CT molecular complexity index is 593. The van der Waals surface area contributed by atoms with Gasteiger partial charge in [-0.05, 0) is 63.6 Å². The Morgan fingerprint density at radius 2 is 1.82 bits per heavy atom. The Hall–Kier alpha value is -1.75. The smallest absolute Gasteiger partial charge is 0.494 e. The minimum Gasteiger partial charge on any atom is -0.494 e. The fourth-order valence-electron chi connectivity index (χ4n) is 4.02. The molecule has 0 spiro atoms. The van der Waals surface area contributed by atoms with Crippen molar-refractivity contribution in [1.82, 2.24) is 5.32 Å². The summed E-state index contributed by atoms with van der Waals surface area (Å²) in [4.78, 5) is 11.6. The maximum absolute atomic E-state index is 11.6. The van der Waals surface area contributed by atoms with E-state index in [1.54, 1.807) is 0 Å². The molecule has 5 nitrogen and oxygen atoms in total. The van der Waals surface area contributed by atoms with Gasteiger partial charge in [-0.15, -0.1) is 0 Å². The number of benzene rings is 1. The van der Waals surface area contributed by atoms with Crippen LogP contribution in [0.15, 0.2) is 24.3 Å². The molecule has 2 rings (SSSR count). The van der Waals surface area contributed by atoms with Gasteiger partial charge in [-0.2, -0.15) is 0 Å². The predicted octanol–water partition coefficient (Wildman–Crippen LogP) is 5.07. The van der Waals surface area contributed by atoms with Gasteiger partial charge in [0.15, 0.2) is 0 Å². The van der Waals surface area contributed by atoms with Crippen LogP contribution in [0.1, 0.15) is 65.9 Å². The number of hydrogen-bond donors (Lipinski definition) is 1. The number of nitrogens with one attached hydrogen (secondary N) is 1. The molecule has 1 aromatic carbocycles. The van der Waals surface area contributed by atoms with E-state index in [0.717, 1.165) is 12.2 Å². The normalized spacial score (nSPS) is 16.5. The SMILES string of the molecule is CCOc1ccc(C2(C(CC(C)C)NCCOC(=O)OC(C)C)CCC2)cc1. The third-order valence-corrected chi connectivity index (χ3v) is 5.40. The molecule has 1 aliphatic rings. The summed E-state index contributed by atoms with van der Waals surface area (Å²) in [6, 6.07) is 8.95. The van der Waals surface area contributed by atoms with Gasteiger partial charge in [0.05, 0.1) is 12.7 Å². The topological polar surface area (TPSA) is 56.8 Å². The van der Waals surface area contributed by atoms with Crippen LogP contribution < -0.4 is 10.1 Å². The monoisotopic (exact) mass is 391 g/mol. The van der Waals surface area contributed by atoms with Crippen molar-refractivity contribution in [2.75, 3.05) is 19.8 Å². The van der Waals surface area contributed by atoms with Crippen molar-refractivity contribution < 1.29 is 19.0 Å². The minimum absolute atomic E-state index is 0.146. The van der Waals surface area contributed by atoms with Crippen LogP contribution in [-0.4, -0.2) is 38.1 Å². The Balaban J connectivity index is 2.01. The fraction of sp³-hybridized carbons (Fsp3) is 0.696. The second kappa shape index (κ2) is 10.7. The number of rotatable bonds is 11. The highest BCUT2D eigenvalue weighted by molar-refractivity contribution is 5.59. The van der Waals surface area contributed by atoms with E-state index < -0.39 is 6.16 Å². The van der Waals surface area contributed by atoms with Gasteiger partial charge in [0.2, 0.25) is 0 Å². The zero-order valence-corrected chi connectivity index (χ0v) is 18.1. The molecule has 1 saturated carbocycles. The molecule has 1 unspecified atom stereocenters. The molecule has 158 valence electrons. The Kier molecular flexibility index (Phi) is 8.61. The van der Waals surface area contributed by atoms with Gasteiger partial charge >= 0.3 is 6.16 Å². The first kappa shape index (κ1) is 22.5. The van der Waals surface area contributed by atoms with Gasteiger partial charge in [-0.1, -0.05) is 32.4 Å².